The predicted octanol–water partition coefficient (Wildman–Crippen LogP) is 4.73. The number of aryl methyl sites for hydroxylation is 1. The summed E-state index contributed by atoms with van der Waals surface area (Å²) in [4.78, 5) is 22.6. The van der Waals surface area contributed by atoms with Gasteiger partial charge in [0.05, 0.1) is 0 Å². The fourth-order valence-electron chi connectivity index (χ4n) is 5.06. The smallest absolute Gasteiger partial charge is 0.254 e. The molecule has 1 aromatic heterocycles. The maximum absolute atomic E-state index is 13.7. The van der Waals surface area contributed by atoms with Crippen LogP contribution in [-0.2, 0) is 6.54 Å². The van der Waals surface area contributed by atoms with Gasteiger partial charge in [0.1, 0.15) is 0 Å². The molecule has 5 nitrogen and oxygen atoms in total. The molecule has 1 N–H and O–H groups in total. The van der Waals surface area contributed by atoms with Crippen molar-refractivity contribution in [2.75, 3.05) is 25.0 Å². The van der Waals surface area contributed by atoms with Gasteiger partial charge in [-0.2, -0.15) is 0 Å². The maximum atomic E-state index is 13.7. The third-order valence-corrected chi connectivity index (χ3v) is 6.88. The molecule has 2 aliphatic rings. The van der Waals surface area contributed by atoms with Gasteiger partial charge in [0.25, 0.3) is 5.91 Å². The molecule has 31 heavy (non-hydrogen) atoms. The Morgan fingerprint density at radius 3 is 2.77 bits per heavy atom. The molecule has 2 aromatic rings. The molecule has 2 atom stereocenters. The molecule has 1 aromatic carbocycles. The van der Waals surface area contributed by atoms with Crippen LogP contribution in [0.1, 0.15) is 61.0 Å². The van der Waals surface area contributed by atoms with Gasteiger partial charge in [0.15, 0.2) is 0 Å². The zero-order valence-electron chi connectivity index (χ0n) is 19.2. The highest BCUT2D eigenvalue weighted by Crippen LogP contribution is 2.30. The number of nitrogens with one attached hydrogen (secondary N) is 1. The van der Waals surface area contributed by atoms with Gasteiger partial charge >= 0.3 is 0 Å². The molecule has 1 amide bonds. The van der Waals surface area contributed by atoms with Crippen molar-refractivity contribution in [3.63, 3.8) is 0 Å². The van der Waals surface area contributed by atoms with Crippen molar-refractivity contribution >= 4 is 11.6 Å². The fourth-order valence-corrected chi connectivity index (χ4v) is 5.06. The summed E-state index contributed by atoms with van der Waals surface area (Å²) in [5.74, 6) is 0.804. The van der Waals surface area contributed by atoms with Crippen LogP contribution >= 0.6 is 0 Å². The summed E-state index contributed by atoms with van der Waals surface area (Å²) in [5.41, 5.74) is 4.04. The minimum atomic E-state index is 0.112. The number of pyridine rings is 1. The number of fused-ring (bicyclic) bond motifs is 3. The number of carbonyl (C=O) groups excluding carboxylic acids is 1. The Bertz CT molecular complexity index is 896. The standard InChI is InChI=1S/C26H36N4O/c1-19(2)12-15-30-22-8-9-23(30)18-29(26(31)24-11-13-27-16-20(24)3)17-21-6-4-5-7-25(21)28-14-10-22/h4-7,11,13,16,19,22-23,28H,8-10,12,14-15,17-18H2,1-3H3/t22-,23+/m1/s1. The van der Waals surface area contributed by atoms with Crippen LogP contribution in [0.15, 0.2) is 42.7 Å². The zero-order valence-corrected chi connectivity index (χ0v) is 19.2. The Kier molecular flexibility index (Phi) is 6.91. The summed E-state index contributed by atoms with van der Waals surface area (Å²) in [6.45, 7) is 10.1. The van der Waals surface area contributed by atoms with Crippen LogP contribution in [0.2, 0.25) is 0 Å². The number of aromatic nitrogens is 1. The second kappa shape index (κ2) is 9.82. The Balaban J connectivity index is 1.66. The van der Waals surface area contributed by atoms with Gasteiger partial charge in [0.2, 0.25) is 0 Å². The number of amides is 1. The average molecular weight is 421 g/mol. The number of hydrogen-bond acceptors (Lipinski definition) is 4. The first-order valence-corrected chi connectivity index (χ1v) is 11.8. The molecule has 0 radical (unpaired) electrons. The first-order valence-electron chi connectivity index (χ1n) is 11.8. The first kappa shape index (κ1) is 21.8. The Hall–Kier alpha value is -2.40. The molecule has 0 unspecified atom stereocenters. The number of carbonyl (C=O) groups is 1. The summed E-state index contributed by atoms with van der Waals surface area (Å²) in [6.07, 6.45) is 8.27. The first-order chi connectivity index (χ1) is 15.0. The minimum absolute atomic E-state index is 0.112. The van der Waals surface area contributed by atoms with Crippen molar-refractivity contribution in [3.05, 3.63) is 59.4 Å². The Labute approximate surface area is 186 Å². The van der Waals surface area contributed by atoms with Gasteiger partial charge in [-0.05, 0) is 68.3 Å². The Morgan fingerprint density at radius 2 is 1.97 bits per heavy atom. The van der Waals surface area contributed by atoms with Crippen LogP contribution in [0.3, 0.4) is 0 Å². The van der Waals surface area contributed by atoms with Gasteiger partial charge in [-0.25, -0.2) is 0 Å². The molecular formula is C26H36N4O. The summed E-state index contributed by atoms with van der Waals surface area (Å²) in [6, 6.07) is 11.3. The lowest BCUT2D eigenvalue weighted by molar-refractivity contribution is 0.0665. The van der Waals surface area contributed by atoms with E-state index in [4.69, 9.17) is 0 Å². The van der Waals surface area contributed by atoms with E-state index in [1.54, 1.807) is 12.4 Å². The van der Waals surface area contributed by atoms with Crippen molar-refractivity contribution < 1.29 is 4.79 Å². The van der Waals surface area contributed by atoms with E-state index < -0.39 is 0 Å². The summed E-state index contributed by atoms with van der Waals surface area (Å²) < 4.78 is 0. The molecule has 0 saturated carbocycles. The van der Waals surface area contributed by atoms with Crippen molar-refractivity contribution in [1.29, 1.82) is 0 Å². The van der Waals surface area contributed by atoms with E-state index in [-0.39, 0.29) is 5.91 Å². The predicted molar refractivity (Wildman–Crippen MR) is 126 cm³/mol. The molecule has 3 heterocycles. The van der Waals surface area contributed by atoms with E-state index in [9.17, 15) is 4.79 Å². The van der Waals surface area contributed by atoms with Gasteiger partial charge < -0.3 is 10.2 Å². The van der Waals surface area contributed by atoms with E-state index in [1.807, 2.05) is 13.0 Å². The summed E-state index contributed by atoms with van der Waals surface area (Å²) >= 11 is 0. The number of nitrogens with zero attached hydrogens (tertiary/aromatic N) is 3. The molecule has 1 saturated heterocycles. The number of benzene rings is 1. The van der Waals surface area contributed by atoms with E-state index in [2.05, 4.69) is 58.2 Å². The zero-order chi connectivity index (χ0) is 21.8. The second-order valence-corrected chi connectivity index (χ2v) is 9.55. The second-order valence-electron chi connectivity index (χ2n) is 9.55. The number of para-hydroxylation sites is 1. The lowest BCUT2D eigenvalue weighted by atomic mass is 10.1. The van der Waals surface area contributed by atoms with E-state index >= 15 is 0 Å². The largest absolute Gasteiger partial charge is 0.385 e. The van der Waals surface area contributed by atoms with E-state index in [1.165, 1.54) is 24.8 Å². The molecule has 166 valence electrons. The topological polar surface area (TPSA) is 48.5 Å². The van der Waals surface area contributed by atoms with Crippen LogP contribution in [0.25, 0.3) is 0 Å². The van der Waals surface area contributed by atoms with Gasteiger partial charge in [-0.15, -0.1) is 0 Å². The van der Waals surface area contributed by atoms with E-state index in [0.717, 1.165) is 42.9 Å². The minimum Gasteiger partial charge on any atom is -0.385 e. The van der Waals surface area contributed by atoms with Crippen LogP contribution in [-0.4, -0.2) is 52.4 Å². The van der Waals surface area contributed by atoms with Gasteiger partial charge in [-0.3, -0.25) is 14.7 Å². The third kappa shape index (κ3) is 5.09. The number of anilines is 1. The molecule has 1 fully saturated rings. The summed E-state index contributed by atoms with van der Waals surface area (Å²) in [7, 11) is 0. The molecule has 0 aliphatic carbocycles. The van der Waals surface area contributed by atoms with Gasteiger partial charge in [-0.1, -0.05) is 32.0 Å². The lowest BCUT2D eigenvalue weighted by Crippen LogP contribution is -2.45. The van der Waals surface area contributed by atoms with Crippen LogP contribution in [0.4, 0.5) is 5.69 Å². The third-order valence-electron chi connectivity index (χ3n) is 6.88. The number of rotatable bonds is 4. The molecule has 0 spiro atoms. The maximum Gasteiger partial charge on any atom is 0.254 e. The van der Waals surface area contributed by atoms with Crippen molar-refractivity contribution in [2.24, 2.45) is 5.92 Å². The summed E-state index contributed by atoms with van der Waals surface area (Å²) in [5, 5.41) is 3.66. The highest BCUT2D eigenvalue weighted by Gasteiger charge is 2.35. The van der Waals surface area contributed by atoms with Gasteiger partial charge in [0, 0.05) is 55.4 Å². The van der Waals surface area contributed by atoms with Crippen molar-refractivity contribution in [3.8, 4) is 0 Å². The lowest BCUT2D eigenvalue weighted by Gasteiger charge is -2.34. The average Bonchev–Trinajstić information content (AvgIpc) is 3.12. The van der Waals surface area contributed by atoms with E-state index in [0.29, 0.717) is 24.5 Å². The normalized spacial score (nSPS) is 22.0. The van der Waals surface area contributed by atoms with Crippen LogP contribution in [0.5, 0.6) is 0 Å². The molecule has 4 rings (SSSR count). The quantitative estimate of drug-likeness (QED) is 0.777. The molecule has 2 bridgehead atoms. The highest BCUT2D eigenvalue weighted by atomic mass is 16.2. The molecule has 5 heteroatoms. The fraction of sp³-hybridized carbons (Fsp3) is 0.538. The monoisotopic (exact) mass is 420 g/mol. The van der Waals surface area contributed by atoms with Crippen LogP contribution in [0, 0.1) is 12.8 Å². The van der Waals surface area contributed by atoms with Crippen molar-refractivity contribution in [1.82, 2.24) is 14.8 Å². The van der Waals surface area contributed by atoms with Crippen LogP contribution < -0.4 is 5.32 Å². The highest BCUT2D eigenvalue weighted by molar-refractivity contribution is 5.95. The molecule has 2 aliphatic heterocycles. The SMILES string of the molecule is Cc1cnccc1C(=O)N1Cc2ccccc2NCC[C@H]2CC[C@@H](C1)N2CCC(C)C. The van der Waals surface area contributed by atoms with Crippen molar-refractivity contribution in [2.45, 2.75) is 65.1 Å². The Morgan fingerprint density at radius 1 is 1.16 bits per heavy atom. The number of hydrogen-bond donors (Lipinski definition) is 1. The molecular weight excluding hydrogens is 384 g/mol.